The average molecular weight is 614 g/mol. The molecule has 0 bridgehead atoms. The van der Waals surface area contributed by atoms with E-state index in [4.69, 9.17) is 11.6 Å². The summed E-state index contributed by atoms with van der Waals surface area (Å²) in [5.74, 6) is -0.0764. The monoisotopic (exact) mass is 613 g/mol. The van der Waals surface area contributed by atoms with E-state index < -0.39 is 0 Å². The van der Waals surface area contributed by atoms with Gasteiger partial charge in [0, 0.05) is 62.8 Å². The van der Waals surface area contributed by atoms with Crippen LogP contribution >= 0.6 is 11.6 Å². The fourth-order valence-electron chi connectivity index (χ4n) is 5.94. The van der Waals surface area contributed by atoms with Crippen LogP contribution in [0.2, 0.25) is 5.02 Å². The second kappa shape index (κ2) is 14.2. The molecular weight excluding hydrogens is 574 g/mol. The van der Waals surface area contributed by atoms with E-state index in [1.165, 1.54) is 5.56 Å². The van der Waals surface area contributed by atoms with Crippen LogP contribution in [-0.2, 0) is 24.4 Å². The average Bonchev–Trinajstić information content (AvgIpc) is 3.05. The van der Waals surface area contributed by atoms with Crippen molar-refractivity contribution in [1.82, 2.24) is 19.4 Å². The summed E-state index contributed by atoms with van der Waals surface area (Å²) < 4.78 is 1.68. The van der Waals surface area contributed by atoms with E-state index in [1.54, 1.807) is 23.6 Å². The van der Waals surface area contributed by atoms with E-state index in [-0.39, 0.29) is 17.4 Å². The van der Waals surface area contributed by atoms with Crippen LogP contribution in [-0.4, -0.2) is 57.3 Å². The molecule has 2 amide bonds. The van der Waals surface area contributed by atoms with Gasteiger partial charge in [-0.05, 0) is 68.1 Å². The molecular formula is C35H40ClN5O3. The number of nitrogens with zero attached hydrogens (tertiary/aromatic N) is 5. The summed E-state index contributed by atoms with van der Waals surface area (Å²) >= 11 is 6.48. The first-order valence-electron chi connectivity index (χ1n) is 15.4. The Hall–Kier alpha value is -4.01. The molecule has 2 heterocycles. The van der Waals surface area contributed by atoms with E-state index in [2.05, 4.69) is 22.0 Å². The second-order valence-corrected chi connectivity index (χ2v) is 11.8. The zero-order chi connectivity index (χ0) is 31.2. The van der Waals surface area contributed by atoms with Crippen molar-refractivity contribution in [1.29, 1.82) is 0 Å². The van der Waals surface area contributed by atoms with Crippen LogP contribution in [0.15, 0.2) is 71.5 Å². The number of carbonyl (C=O) groups excluding carboxylic acids is 2. The molecule has 0 atom stereocenters. The van der Waals surface area contributed by atoms with Gasteiger partial charge in [0.1, 0.15) is 5.69 Å². The second-order valence-electron chi connectivity index (χ2n) is 11.4. The minimum atomic E-state index is -0.133. The number of aromatic nitrogens is 2. The Balaban J connectivity index is 1.54. The molecule has 0 N–H and O–H groups in total. The summed E-state index contributed by atoms with van der Waals surface area (Å²) in [6.07, 6.45) is 1.98. The number of fused-ring (bicyclic) bond motifs is 2. The van der Waals surface area contributed by atoms with Gasteiger partial charge in [0.15, 0.2) is 0 Å². The maximum atomic E-state index is 14.3. The van der Waals surface area contributed by atoms with E-state index in [0.29, 0.717) is 66.5 Å². The summed E-state index contributed by atoms with van der Waals surface area (Å²) in [6, 6.07) is 21.3. The molecule has 8 nitrogen and oxygen atoms in total. The van der Waals surface area contributed by atoms with Crippen molar-refractivity contribution in [3.63, 3.8) is 0 Å². The van der Waals surface area contributed by atoms with Crippen LogP contribution < -0.4 is 10.5 Å². The number of rotatable bonds is 6. The topological polar surface area (TPSA) is 78.8 Å². The minimum absolute atomic E-state index is 0.0562. The van der Waals surface area contributed by atoms with Crippen LogP contribution in [0.3, 0.4) is 0 Å². The molecule has 0 fully saturated rings. The molecule has 230 valence electrons. The number of halogens is 1. The molecule has 3 aromatic carbocycles. The zero-order valence-corrected chi connectivity index (χ0v) is 26.5. The highest BCUT2D eigenvalue weighted by Gasteiger charge is 2.25. The third-order valence-corrected chi connectivity index (χ3v) is 8.45. The first-order chi connectivity index (χ1) is 21.3. The molecule has 0 saturated carbocycles. The molecule has 1 aliphatic rings. The van der Waals surface area contributed by atoms with E-state index >= 15 is 0 Å². The first-order valence-corrected chi connectivity index (χ1v) is 15.8. The van der Waals surface area contributed by atoms with Crippen molar-refractivity contribution in [2.75, 3.05) is 31.1 Å². The van der Waals surface area contributed by atoms with Crippen molar-refractivity contribution < 1.29 is 9.59 Å². The maximum absolute atomic E-state index is 14.3. The number of carbonyl (C=O) groups is 2. The molecule has 5 rings (SSSR count). The summed E-state index contributed by atoms with van der Waals surface area (Å²) in [5.41, 5.74) is 4.93. The van der Waals surface area contributed by atoms with Crippen molar-refractivity contribution >= 4 is 40.1 Å². The van der Waals surface area contributed by atoms with Crippen LogP contribution in [0.25, 0.3) is 11.0 Å². The smallest absolute Gasteiger partial charge is 0.272 e. The molecule has 44 heavy (non-hydrogen) atoms. The van der Waals surface area contributed by atoms with Gasteiger partial charge < -0.3 is 14.4 Å². The molecule has 0 saturated heterocycles. The fraction of sp³-hybridized carbons (Fsp3) is 0.371. The standard InChI is InChI=1S/C35H40ClN5O3/c1-4-10-33(42)41-18-9-17-38(23-26-11-7-6-8-12-26)19-20-39(24-28-13-15-29(36)22-32(28)41)35(44)27-14-16-31-30(21-27)37-25(3)34(43)40(31)5-2/h6-8,11-16,21-22H,4-5,9-10,17-20,23-24H2,1-3H3. The number of benzene rings is 3. The third-order valence-electron chi connectivity index (χ3n) is 8.21. The highest BCUT2D eigenvalue weighted by molar-refractivity contribution is 6.31. The lowest BCUT2D eigenvalue weighted by Crippen LogP contribution is -2.38. The van der Waals surface area contributed by atoms with Gasteiger partial charge >= 0.3 is 0 Å². The van der Waals surface area contributed by atoms with Gasteiger partial charge in [0.05, 0.1) is 16.7 Å². The summed E-state index contributed by atoms with van der Waals surface area (Å²) in [7, 11) is 0. The number of hydrogen-bond donors (Lipinski definition) is 0. The predicted octanol–water partition coefficient (Wildman–Crippen LogP) is 6.06. The van der Waals surface area contributed by atoms with Crippen LogP contribution in [0, 0.1) is 6.92 Å². The Morgan fingerprint density at radius 3 is 2.48 bits per heavy atom. The molecule has 0 radical (unpaired) electrons. The van der Waals surface area contributed by atoms with Gasteiger partial charge in [0.25, 0.3) is 11.5 Å². The maximum Gasteiger partial charge on any atom is 0.272 e. The van der Waals surface area contributed by atoms with Crippen LogP contribution in [0.4, 0.5) is 5.69 Å². The fourth-order valence-corrected chi connectivity index (χ4v) is 6.10. The Morgan fingerprint density at radius 2 is 1.73 bits per heavy atom. The van der Waals surface area contributed by atoms with Gasteiger partial charge in [0.2, 0.25) is 5.91 Å². The Labute approximate surface area is 263 Å². The molecule has 1 aliphatic heterocycles. The third kappa shape index (κ3) is 7.03. The van der Waals surface area contributed by atoms with Gasteiger partial charge in [-0.15, -0.1) is 0 Å². The highest BCUT2D eigenvalue weighted by atomic mass is 35.5. The van der Waals surface area contributed by atoms with E-state index in [9.17, 15) is 14.4 Å². The van der Waals surface area contributed by atoms with Crippen LogP contribution in [0.1, 0.15) is 60.3 Å². The van der Waals surface area contributed by atoms with Crippen molar-refractivity contribution in [3.05, 3.63) is 104 Å². The molecule has 0 spiro atoms. The summed E-state index contributed by atoms with van der Waals surface area (Å²) in [5, 5.41) is 0.550. The van der Waals surface area contributed by atoms with Crippen molar-refractivity contribution in [2.24, 2.45) is 0 Å². The van der Waals surface area contributed by atoms with E-state index in [1.807, 2.05) is 66.1 Å². The summed E-state index contributed by atoms with van der Waals surface area (Å²) in [6.45, 7) is 9.72. The Morgan fingerprint density at radius 1 is 0.932 bits per heavy atom. The lowest BCUT2D eigenvalue weighted by atomic mass is 10.1. The molecule has 9 heteroatoms. The lowest BCUT2D eigenvalue weighted by molar-refractivity contribution is -0.118. The Kier molecular flexibility index (Phi) is 10.1. The number of amides is 2. The quantitative estimate of drug-likeness (QED) is 0.264. The van der Waals surface area contributed by atoms with E-state index in [0.717, 1.165) is 37.2 Å². The number of aryl methyl sites for hydroxylation is 2. The lowest BCUT2D eigenvalue weighted by Gasteiger charge is -2.28. The molecule has 0 aliphatic carbocycles. The van der Waals surface area contributed by atoms with Crippen LogP contribution in [0.5, 0.6) is 0 Å². The molecule has 4 aromatic rings. The SMILES string of the molecule is CCCC(=O)N1CCCN(Cc2ccccc2)CCN(C(=O)c2ccc3c(c2)nc(C)c(=O)n3CC)Cc2ccc(Cl)cc21. The zero-order valence-electron chi connectivity index (χ0n) is 25.8. The van der Waals surface area contributed by atoms with Crippen molar-refractivity contribution in [2.45, 2.75) is 59.7 Å². The first kappa shape index (κ1) is 31.4. The van der Waals surface area contributed by atoms with Gasteiger partial charge in [-0.1, -0.05) is 54.9 Å². The minimum Gasteiger partial charge on any atom is -0.333 e. The molecule has 1 aromatic heterocycles. The Bertz CT molecular complexity index is 1700. The largest absolute Gasteiger partial charge is 0.333 e. The van der Waals surface area contributed by atoms with Crippen molar-refractivity contribution in [3.8, 4) is 0 Å². The van der Waals surface area contributed by atoms with Gasteiger partial charge in [-0.2, -0.15) is 0 Å². The van der Waals surface area contributed by atoms with Gasteiger partial charge in [-0.25, -0.2) is 4.98 Å². The molecule has 0 unspecified atom stereocenters. The predicted molar refractivity (Wildman–Crippen MR) is 176 cm³/mol. The normalized spacial score (nSPS) is 14.7. The number of hydrogen-bond acceptors (Lipinski definition) is 5. The number of anilines is 1. The highest BCUT2D eigenvalue weighted by Crippen LogP contribution is 2.29. The van der Waals surface area contributed by atoms with Gasteiger partial charge in [-0.3, -0.25) is 19.3 Å². The summed E-state index contributed by atoms with van der Waals surface area (Å²) in [4.78, 5) is 50.9.